The zero-order valence-corrected chi connectivity index (χ0v) is 27.6. The first-order chi connectivity index (χ1) is 18.8. The number of fused-ring (bicyclic) bond motifs is 1. The minimum Gasteiger partial charge on any atom is -0.870 e. The molecule has 2 radical (unpaired) electrons. The van der Waals surface area contributed by atoms with Crippen molar-refractivity contribution in [2.24, 2.45) is 0 Å². The molecule has 1 atom stereocenters. The first-order valence-electron chi connectivity index (χ1n) is 12.9. The van der Waals surface area contributed by atoms with Gasteiger partial charge in [0.1, 0.15) is 25.2 Å². The Hall–Kier alpha value is -2.00. The number of nitrogens with one attached hydrogen (secondary N) is 1. The molecule has 0 saturated carbocycles. The van der Waals surface area contributed by atoms with Crippen molar-refractivity contribution in [1.82, 2.24) is 15.4 Å². The molecule has 4 N–H and O–H groups in total. The molecule has 2 aromatic carbocycles. The van der Waals surface area contributed by atoms with Crippen LogP contribution in [0.15, 0.2) is 42.6 Å². The first kappa shape index (κ1) is 38.0. The van der Waals surface area contributed by atoms with Crippen LogP contribution in [0.1, 0.15) is 55.7 Å². The van der Waals surface area contributed by atoms with Crippen LogP contribution in [-0.2, 0) is 17.7 Å². The van der Waals surface area contributed by atoms with Gasteiger partial charge in [0.15, 0.2) is 17.5 Å². The molecule has 0 fully saturated rings. The van der Waals surface area contributed by atoms with Gasteiger partial charge in [0.25, 0.3) is 0 Å². The quantitative estimate of drug-likeness (QED) is 0.0922. The van der Waals surface area contributed by atoms with E-state index in [9.17, 15) is 13.2 Å². The van der Waals surface area contributed by atoms with Gasteiger partial charge < -0.3 is 16.4 Å². The van der Waals surface area contributed by atoms with Gasteiger partial charge in [0.2, 0.25) is 0 Å². The number of nitrogens with two attached hydrogens (primary N) is 1. The third kappa shape index (κ3) is 8.55. The zero-order valence-electron chi connectivity index (χ0n) is 24.5. The largest absolute Gasteiger partial charge is 1.00 e. The number of hydroxylamine groups is 1. The molecule has 12 heteroatoms. The molecule has 1 unspecified atom stereocenters. The Morgan fingerprint density at radius 2 is 1.81 bits per heavy atom. The van der Waals surface area contributed by atoms with Crippen molar-refractivity contribution in [3.8, 4) is 17.0 Å². The van der Waals surface area contributed by atoms with E-state index < -0.39 is 17.5 Å². The molecule has 2 aromatic heterocycles. The van der Waals surface area contributed by atoms with Gasteiger partial charge in [-0.15, -0.1) is 11.6 Å². The van der Waals surface area contributed by atoms with Crippen molar-refractivity contribution < 1.29 is 79.6 Å². The fourth-order valence-corrected chi connectivity index (χ4v) is 4.56. The van der Waals surface area contributed by atoms with Crippen LogP contribution in [0.3, 0.4) is 0 Å². The molecule has 0 aliphatic rings. The van der Waals surface area contributed by atoms with Gasteiger partial charge >= 0.3 is 51.4 Å². The van der Waals surface area contributed by atoms with Crippen LogP contribution in [0.2, 0.25) is 0 Å². The average Bonchev–Trinajstić information content (AvgIpc) is 2.93. The van der Waals surface area contributed by atoms with Crippen LogP contribution in [0.5, 0.6) is 5.75 Å². The topological polar surface area (TPSA) is 120 Å². The van der Waals surface area contributed by atoms with E-state index in [0.29, 0.717) is 47.5 Å². The maximum atomic E-state index is 14.7. The van der Waals surface area contributed by atoms with Crippen molar-refractivity contribution in [2.45, 2.75) is 46.1 Å². The van der Waals surface area contributed by atoms with Gasteiger partial charge in [-0.1, -0.05) is 38.2 Å². The Kier molecular flexibility index (Phi) is 15.7. The number of pyridine rings is 2. The van der Waals surface area contributed by atoms with Crippen LogP contribution in [-0.4, -0.2) is 36.9 Å². The van der Waals surface area contributed by atoms with Gasteiger partial charge in [-0.3, -0.25) is 14.8 Å². The molecule has 0 aliphatic carbocycles. The Labute approximate surface area is 288 Å². The summed E-state index contributed by atoms with van der Waals surface area (Å²) in [7, 11) is 7.49. The molecule has 0 spiro atoms. The van der Waals surface area contributed by atoms with Crippen molar-refractivity contribution in [1.29, 1.82) is 0 Å². The summed E-state index contributed by atoms with van der Waals surface area (Å²) in [5.41, 5.74) is 7.73. The van der Waals surface area contributed by atoms with Crippen LogP contribution >= 0.6 is 0 Å². The number of rotatable bonds is 11. The molecule has 0 aliphatic heterocycles. The van der Waals surface area contributed by atoms with Crippen molar-refractivity contribution in [3.05, 3.63) is 95.0 Å². The summed E-state index contributed by atoms with van der Waals surface area (Å²) < 4.78 is 47.9. The van der Waals surface area contributed by atoms with Crippen LogP contribution in [0.4, 0.5) is 13.2 Å². The second-order valence-corrected chi connectivity index (χ2v) is 9.19. The number of halogens is 3. The van der Waals surface area contributed by atoms with Gasteiger partial charge in [0, 0.05) is 29.4 Å². The van der Waals surface area contributed by atoms with Crippen molar-refractivity contribution in [2.75, 3.05) is 13.7 Å². The first-order valence-corrected chi connectivity index (χ1v) is 12.9. The zero-order chi connectivity index (χ0) is 28.1. The fraction of sp³-hybridized carbons (Fsp3) is 0.300. The van der Waals surface area contributed by atoms with Crippen LogP contribution < -0.4 is 67.1 Å². The number of nitrogens with zero attached hydrogens (tertiary/aromatic N) is 2. The smallest absolute Gasteiger partial charge is 0.870 e. The molecule has 4 rings (SSSR count). The van der Waals surface area contributed by atoms with E-state index in [0.717, 1.165) is 34.6 Å². The van der Waals surface area contributed by atoms with E-state index in [-0.39, 0.29) is 74.7 Å². The third-order valence-corrected chi connectivity index (χ3v) is 6.50. The molecule has 7 nitrogen and oxygen atoms in total. The molecular weight excluding hydrogens is 571 g/mol. The Morgan fingerprint density at radius 3 is 2.48 bits per heavy atom. The van der Waals surface area contributed by atoms with E-state index in [1.807, 2.05) is 51.5 Å². The summed E-state index contributed by atoms with van der Waals surface area (Å²) in [6.45, 7) is 6.24. The number of ether oxygens (including phenoxy) is 1. The van der Waals surface area contributed by atoms with Gasteiger partial charge in [-0.25, -0.2) is 18.7 Å². The molecule has 0 amide bonds. The second-order valence-electron chi connectivity index (χ2n) is 9.19. The minimum absolute atomic E-state index is 0. The molecular formula is C30H33BF3KN4O3-2. The maximum Gasteiger partial charge on any atom is 1.00 e. The van der Waals surface area contributed by atoms with Crippen molar-refractivity contribution >= 4 is 24.2 Å². The number of hydrogen-bond acceptors (Lipinski definition) is 6. The van der Waals surface area contributed by atoms with E-state index in [1.165, 1.54) is 6.07 Å². The van der Waals surface area contributed by atoms with Gasteiger partial charge in [-0.05, 0) is 48.9 Å². The van der Waals surface area contributed by atoms with Crippen LogP contribution in [0.25, 0.3) is 28.3 Å². The van der Waals surface area contributed by atoms with Crippen molar-refractivity contribution in [3.63, 3.8) is 0 Å². The summed E-state index contributed by atoms with van der Waals surface area (Å²) in [4.78, 5) is 14.9. The summed E-state index contributed by atoms with van der Waals surface area (Å²) >= 11 is 0. The molecule has 4 aromatic rings. The normalized spacial score (nSPS) is 11.2. The Bertz CT molecular complexity index is 1500. The van der Waals surface area contributed by atoms with E-state index >= 15 is 0 Å². The summed E-state index contributed by atoms with van der Waals surface area (Å²) in [5, 5.41) is 0.844. The third-order valence-electron chi connectivity index (χ3n) is 6.50. The summed E-state index contributed by atoms with van der Waals surface area (Å²) in [6.07, 6.45) is 5.06. The summed E-state index contributed by atoms with van der Waals surface area (Å²) in [6, 6.07) is 9.76. The predicted molar refractivity (Wildman–Crippen MR) is 155 cm³/mol. The molecule has 42 heavy (non-hydrogen) atoms. The fourth-order valence-electron chi connectivity index (χ4n) is 4.56. The number of methoxy groups -OCH3 is 1. The monoisotopic (exact) mass is 604 g/mol. The maximum absolute atomic E-state index is 14.7. The van der Waals surface area contributed by atoms with Gasteiger partial charge in [0.05, 0.1) is 7.11 Å². The molecule has 0 saturated heterocycles. The predicted octanol–water partition coefficient (Wildman–Crippen LogP) is 3.41. The number of aromatic nitrogens is 2. The van der Waals surface area contributed by atoms with E-state index in [1.54, 1.807) is 13.3 Å². The number of hydrogen-bond donors (Lipinski definition) is 1. The standard InChI is InChI=1S/C30H30BF3N3O2.K.H2N.H2O/c1-5-7-18-14-22(37-30(23(18)6-2)24-8-9-25(32)28(34)27(24)33)10-11-36-39-17(3)19-12-20-13-21(31)16-35-29(20)26(15-19)38-4;;;/h7-9,12-17,36H,5-6,10-11H2,1-4H3;;2*1H2/q-1;+1;-1;/p-1. The SMILES string of the molecule is [B]c1cnc2c(OC)cc(C(C)ONCCc3cc([CH-]CC)c(CC)c(-c4ccc(F)c(F)c4F)n3)cc2c1.[K+].[NH2-].[OH-]. The van der Waals surface area contributed by atoms with Crippen LogP contribution in [0, 0.1) is 23.9 Å². The van der Waals surface area contributed by atoms with Gasteiger partial charge in [-0.2, -0.15) is 12.0 Å². The second kappa shape index (κ2) is 17.3. The molecule has 218 valence electrons. The minimum atomic E-state index is -1.50. The average molecular weight is 605 g/mol. The van der Waals surface area contributed by atoms with E-state index in [4.69, 9.17) is 17.4 Å². The van der Waals surface area contributed by atoms with E-state index in [2.05, 4.69) is 15.4 Å². The molecule has 0 bridgehead atoms. The summed E-state index contributed by atoms with van der Waals surface area (Å²) in [5.74, 6) is -3.36. The molecule has 2 heterocycles. The Morgan fingerprint density at radius 1 is 1.07 bits per heavy atom. The number of benzene rings is 2. The Balaban J connectivity index is 0.00000294.